The predicted octanol–water partition coefficient (Wildman–Crippen LogP) is 1.94. The van der Waals surface area contributed by atoms with Crippen molar-refractivity contribution in [3.63, 3.8) is 0 Å². The first-order valence-corrected chi connectivity index (χ1v) is 15.5. The first kappa shape index (κ1) is 34.5. The van der Waals surface area contributed by atoms with Crippen LogP contribution in [0.15, 0.2) is 42.0 Å². The lowest BCUT2D eigenvalue weighted by atomic mass is 9.91. The zero-order valence-electron chi connectivity index (χ0n) is 25.5. The largest absolute Gasteiger partial charge is 0.456 e. The van der Waals surface area contributed by atoms with Gasteiger partial charge in [0.25, 0.3) is 0 Å². The van der Waals surface area contributed by atoms with E-state index in [4.69, 9.17) is 19.3 Å². The lowest BCUT2D eigenvalue weighted by Crippen LogP contribution is -2.54. The summed E-state index contributed by atoms with van der Waals surface area (Å²) < 4.78 is 60.5. The van der Waals surface area contributed by atoms with E-state index < -0.39 is 72.8 Å². The van der Waals surface area contributed by atoms with E-state index in [1.807, 2.05) is 0 Å². The van der Waals surface area contributed by atoms with Crippen molar-refractivity contribution in [1.29, 1.82) is 0 Å². The van der Waals surface area contributed by atoms with Crippen LogP contribution in [0, 0.1) is 11.8 Å². The summed E-state index contributed by atoms with van der Waals surface area (Å²) in [6.07, 6.45) is -1.55. The number of amides is 2. The molecule has 1 saturated heterocycles. The maximum Gasteiger partial charge on any atom is 0.422 e. The number of esters is 2. The molecule has 3 fully saturated rings. The molecule has 4 N–H and O–H groups in total. The quantitative estimate of drug-likeness (QED) is 0.180. The van der Waals surface area contributed by atoms with Crippen molar-refractivity contribution in [2.45, 2.75) is 81.4 Å². The molecule has 2 saturated carbocycles. The molecule has 256 valence electrons. The summed E-state index contributed by atoms with van der Waals surface area (Å²) in [6, 6.07) is 4.63. The molecule has 0 aromatic heterocycles. The van der Waals surface area contributed by atoms with E-state index in [2.05, 4.69) is 15.4 Å². The van der Waals surface area contributed by atoms with Crippen LogP contribution < -0.4 is 10.6 Å². The van der Waals surface area contributed by atoms with Crippen molar-refractivity contribution in [2.24, 2.45) is 11.8 Å². The van der Waals surface area contributed by atoms with Gasteiger partial charge in [-0.25, -0.2) is 9.59 Å². The van der Waals surface area contributed by atoms with Crippen molar-refractivity contribution in [3.05, 3.63) is 53.1 Å². The Bertz CT molecular complexity index is 1410. The molecule has 0 radical (unpaired) electrons. The van der Waals surface area contributed by atoms with Crippen molar-refractivity contribution in [2.75, 3.05) is 19.8 Å². The SMILES string of the molecule is CC(O)C(NC(=O)C1=CC2OC(C3CC3)(C3CC3)OC2C(OC(=O)c2ccccc2C=CC(=O)OCC(F)(F)F)C1)C(=O)NCCO. The third-order valence-electron chi connectivity index (χ3n) is 8.38. The molecular weight excluding hydrogens is 629 g/mol. The minimum Gasteiger partial charge on any atom is -0.456 e. The summed E-state index contributed by atoms with van der Waals surface area (Å²) in [5.74, 6) is -4.08. The van der Waals surface area contributed by atoms with Gasteiger partial charge in [-0.2, -0.15) is 13.2 Å². The zero-order chi connectivity index (χ0) is 33.9. The predicted molar refractivity (Wildman–Crippen MR) is 156 cm³/mol. The Hall–Kier alpha value is -3.79. The van der Waals surface area contributed by atoms with Crippen molar-refractivity contribution in [1.82, 2.24) is 10.6 Å². The van der Waals surface area contributed by atoms with E-state index in [1.54, 1.807) is 12.1 Å². The Morgan fingerprint density at radius 2 is 1.79 bits per heavy atom. The molecule has 2 amide bonds. The highest BCUT2D eigenvalue weighted by Crippen LogP contribution is 2.59. The van der Waals surface area contributed by atoms with Crippen molar-refractivity contribution >= 4 is 29.8 Å². The van der Waals surface area contributed by atoms with Gasteiger partial charge in [-0.15, -0.1) is 0 Å². The number of nitrogens with one attached hydrogen (secondary N) is 2. The first-order chi connectivity index (χ1) is 22.3. The van der Waals surface area contributed by atoms with Gasteiger partial charge >= 0.3 is 18.1 Å². The summed E-state index contributed by atoms with van der Waals surface area (Å²) in [7, 11) is 0. The van der Waals surface area contributed by atoms with E-state index in [0.29, 0.717) is 0 Å². The Kier molecular flexibility index (Phi) is 10.4. The fraction of sp³-hybridized carbons (Fsp3) is 0.562. The molecular formula is C32H37F3N2O10. The van der Waals surface area contributed by atoms with Crippen LogP contribution in [0.1, 0.15) is 54.9 Å². The Morgan fingerprint density at radius 3 is 2.40 bits per heavy atom. The lowest BCUT2D eigenvalue weighted by molar-refractivity contribution is -0.209. The minimum atomic E-state index is -4.69. The van der Waals surface area contributed by atoms with Gasteiger partial charge in [-0.3, -0.25) is 9.59 Å². The number of rotatable bonds is 13. The maximum absolute atomic E-state index is 13.6. The number of carbonyl (C=O) groups is 4. The maximum atomic E-state index is 13.6. The number of carbonyl (C=O) groups excluding carboxylic acids is 4. The van der Waals surface area contributed by atoms with Crippen LogP contribution >= 0.6 is 0 Å². The number of hydrogen-bond acceptors (Lipinski definition) is 10. The number of benzene rings is 1. The third-order valence-corrected chi connectivity index (χ3v) is 8.38. The molecule has 5 atom stereocenters. The molecule has 12 nitrogen and oxygen atoms in total. The topological polar surface area (TPSA) is 170 Å². The monoisotopic (exact) mass is 666 g/mol. The van der Waals surface area contributed by atoms with Gasteiger partial charge in [-0.1, -0.05) is 18.2 Å². The van der Waals surface area contributed by atoms with Crippen LogP contribution in [0.5, 0.6) is 0 Å². The molecule has 1 heterocycles. The van der Waals surface area contributed by atoms with Crippen molar-refractivity contribution in [3.8, 4) is 0 Å². The number of halogens is 3. The van der Waals surface area contributed by atoms with E-state index in [0.717, 1.165) is 37.8 Å². The second kappa shape index (κ2) is 14.1. The fourth-order valence-electron chi connectivity index (χ4n) is 5.89. The number of hydrogen-bond donors (Lipinski definition) is 4. The van der Waals surface area contributed by atoms with Gasteiger partial charge in [0.1, 0.15) is 24.4 Å². The zero-order valence-corrected chi connectivity index (χ0v) is 25.5. The molecule has 1 aliphatic heterocycles. The highest BCUT2D eigenvalue weighted by molar-refractivity contribution is 5.98. The molecule has 5 rings (SSSR count). The van der Waals surface area contributed by atoms with E-state index >= 15 is 0 Å². The summed E-state index contributed by atoms with van der Waals surface area (Å²) in [6.45, 7) is -0.849. The summed E-state index contributed by atoms with van der Waals surface area (Å²) >= 11 is 0. The Morgan fingerprint density at radius 1 is 1.11 bits per heavy atom. The van der Waals surface area contributed by atoms with Crippen LogP contribution in [0.25, 0.3) is 6.08 Å². The molecule has 15 heteroatoms. The number of alkyl halides is 3. The summed E-state index contributed by atoms with van der Waals surface area (Å²) in [5, 5.41) is 24.2. The van der Waals surface area contributed by atoms with E-state index in [9.17, 15) is 37.5 Å². The van der Waals surface area contributed by atoms with Crippen LogP contribution in [0.3, 0.4) is 0 Å². The molecule has 47 heavy (non-hydrogen) atoms. The lowest BCUT2D eigenvalue weighted by Gasteiger charge is -2.31. The van der Waals surface area contributed by atoms with Gasteiger partial charge in [0.15, 0.2) is 12.4 Å². The Labute approximate surface area is 268 Å². The van der Waals surface area contributed by atoms with Gasteiger partial charge in [0.2, 0.25) is 11.8 Å². The van der Waals surface area contributed by atoms with Gasteiger partial charge in [0.05, 0.1) is 18.3 Å². The van der Waals surface area contributed by atoms with E-state index in [1.165, 1.54) is 25.1 Å². The number of fused-ring (bicyclic) bond motifs is 1. The number of aliphatic hydroxyl groups excluding tert-OH is 2. The summed E-state index contributed by atoms with van der Waals surface area (Å²) in [4.78, 5) is 51.4. The number of aliphatic hydroxyl groups is 2. The van der Waals surface area contributed by atoms with E-state index in [-0.39, 0.29) is 48.1 Å². The normalized spacial score (nSPS) is 24.9. The third kappa shape index (κ3) is 8.39. The average molecular weight is 667 g/mol. The average Bonchev–Trinajstić information content (AvgIpc) is 3.97. The van der Waals surface area contributed by atoms with Crippen LogP contribution in [-0.4, -0.2) is 96.1 Å². The molecule has 0 bridgehead atoms. The van der Waals surface area contributed by atoms with Crippen LogP contribution in [0.2, 0.25) is 0 Å². The molecule has 1 aromatic rings. The Balaban J connectivity index is 1.36. The summed E-state index contributed by atoms with van der Waals surface area (Å²) in [5.41, 5.74) is 0.301. The minimum absolute atomic E-state index is 0.00577. The van der Waals surface area contributed by atoms with Crippen LogP contribution in [0.4, 0.5) is 13.2 Å². The second-order valence-electron chi connectivity index (χ2n) is 12.1. The molecule has 3 aliphatic carbocycles. The number of ether oxygens (including phenoxy) is 4. The highest BCUT2D eigenvalue weighted by Gasteiger charge is 2.64. The van der Waals surface area contributed by atoms with Gasteiger partial charge in [-0.05, 0) is 56.4 Å². The van der Waals surface area contributed by atoms with Gasteiger partial charge in [0, 0.05) is 36.5 Å². The van der Waals surface area contributed by atoms with Gasteiger partial charge < -0.3 is 39.8 Å². The highest BCUT2D eigenvalue weighted by atomic mass is 19.4. The first-order valence-electron chi connectivity index (χ1n) is 15.5. The standard InChI is InChI=1S/C32H37F3N2O10/c1-17(39)26(29(42)36-12-13-38)37-28(41)19-14-23(27-24(15-19)46-32(47-27,20-7-8-20)21-9-10-21)45-30(43)22-5-3-2-4-18(22)6-11-25(40)44-16-31(33,34)35/h2-6,11,15,17,20-21,23-24,26-27,38-39H,7-10,12-14,16H2,1H3,(H,36,42)(H,37,41). The second-order valence-corrected chi connectivity index (χ2v) is 12.1. The molecule has 0 spiro atoms. The molecule has 1 aromatic carbocycles. The molecule has 5 unspecified atom stereocenters. The molecule has 4 aliphatic rings. The van der Waals surface area contributed by atoms with Crippen molar-refractivity contribution < 1.29 is 61.5 Å². The van der Waals surface area contributed by atoms with Crippen LogP contribution in [-0.2, 0) is 33.3 Å². The smallest absolute Gasteiger partial charge is 0.422 e. The fourth-order valence-corrected chi connectivity index (χ4v) is 5.89.